The van der Waals surface area contributed by atoms with Crippen LogP contribution in [0.2, 0.25) is 0 Å². The molecule has 0 aromatic carbocycles. The molecule has 0 spiro atoms. The van der Waals surface area contributed by atoms with Gasteiger partial charge in [-0.3, -0.25) is 14.2 Å². The average Bonchev–Trinajstić information content (AvgIpc) is 2.49. The van der Waals surface area contributed by atoms with Crippen LogP contribution >= 0.6 is 0 Å². The van der Waals surface area contributed by atoms with Gasteiger partial charge in [0.15, 0.2) is 0 Å². The summed E-state index contributed by atoms with van der Waals surface area (Å²) in [4.78, 5) is 37.5. The molecule has 0 saturated carbocycles. The number of aliphatic carboxylic acids is 1. The van der Waals surface area contributed by atoms with Gasteiger partial charge in [0.05, 0.1) is 19.1 Å². The second-order valence-electron chi connectivity index (χ2n) is 5.02. The lowest BCUT2D eigenvalue weighted by molar-refractivity contribution is -0.140. The van der Waals surface area contributed by atoms with Crippen LogP contribution in [0.4, 0.5) is 5.82 Å². The van der Waals surface area contributed by atoms with Crippen LogP contribution < -0.4 is 16.7 Å². The van der Waals surface area contributed by atoms with E-state index in [0.717, 1.165) is 4.57 Å². The van der Waals surface area contributed by atoms with Crippen LogP contribution in [0.3, 0.4) is 0 Å². The molecule has 6 N–H and O–H groups in total. The fourth-order valence-corrected chi connectivity index (χ4v) is 1.60. The second-order valence-corrected chi connectivity index (χ2v) is 5.02. The Labute approximate surface area is 136 Å². The predicted octanol–water partition coefficient (Wildman–Crippen LogP) is -2.30. The largest absolute Gasteiger partial charge is 0.480 e. The molecule has 1 aromatic heterocycles. The molecular weight excluding hydrogens is 324 g/mol. The maximum absolute atomic E-state index is 11.8. The smallest absolute Gasteiger partial charge is 0.351 e. The fraction of sp³-hybridized carbons (Fsp3) is 0.538. The fourth-order valence-electron chi connectivity index (χ4n) is 1.60. The third kappa shape index (κ3) is 6.04. The maximum atomic E-state index is 11.8. The molecule has 3 unspecified atom stereocenters. The van der Waals surface area contributed by atoms with Crippen molar-refractivity contribution in [1.29, 1.82) is 0 Å². The number of hydrogen-bond donors (Lipinski definition) is 5. The number of ether oxygens (including phenoxy) is 1. The Hall–Kier alpha value is -2.34. The summed E-state index contributed by atoms with van der Waals surface area (Å²) in [6.07, 6.45) is -0.946. The number of aromatic nitrogens is 2. The highest BCUT2D eigenvalue weighted by Gasteiger charge is 2.17. The molecule has 3 atom stereocenters. The minimum Gasteiger partial charge on any atom is -0.480 e. The zero-order valence-corrected chi connectivity index (χ0v) is 13.0. The zero-order chi connectivity index (χ0) is 18.3. The normalized spacial score (nSPS) is 14.7. The van der Waals surface area contributed by atoms with E-state index in [4.69, 9.17) is 20.7 Å². The van der Waals surface area contributed by atoms with Crippen LogP contribution in [0.15, 0.2) is 17.1 Å². The summed E-state index contributed by atoms with van der Waals surface area (Å²) in [5.74, 6) is -2.07. The third-order valence-corrected chi connectivity index (χ3v) is 3.01. The van der Waals surface area contributed by atoms with Crippen molar-refractivity contribution in [2.75, 3.05) is 11.9 Å². The van der Waals surface area contributed by atoms with Crippen LogP contribution in [-0.2, 0) is 21.1 Å². The van der Waals surface area contributed by atoms with Gasteiger partial charge in [-0.2, -0.15) is 4.98 Å². The van der Waals surface area contributed by atoms with E-state index in [0.29, 0.717) is 0 Å². The van der Waals surface area contributed by atoms with Gasteiger partial charge < -0.3 is 31.1 Å². The number of aliphatic hydroxyl groups is 2. The van der Waals surface area contributed by atoms with E-state index in [1.165, 1.54) is 19.2 Å². The van der Waals surface area contributed by atoms with Crippen molar-refractivity contribution in [3.05, 3.63) is 22.7 Å². The van der Waals surface area contributed by atoms with Gasteiger partial charge in [0.25, 0.3) is 0 Å². The highest BCUT2D eigenvalue weighted by Crippen LogP contribution is 2.02. The number of carbonyl (C=O) groups excluding carboxylic acids is 1. The molecule has 0 bridgehead atoms. The number of nitrogens with zero attached hydrogens (tertiary/aromatic N) is 2. The van der Waals surface area contributed by atoms with E-state index in [9.17, 15) is 19.5 Å². The lowest BCUT2D eigenvalue weighted by Gasteiger charge is -2.18. The second kappa shape index (κ2) is 9.08. The molecule has 11 nitrogen and oxygen atoms in total. The quantitative estimate of drug-likeness (QED) is 0.329. The first kappa shape index (κ1) is 19.7. The Morgan fingerprint density at radius 3 is 2.67 bits per heavy atom. The average molecular weight is 344 g/mol. The summed E-state index contributed by atoms with van der Waals surface area (Å²) in [7, 11) is 0. The van der Waals surface area contributed by atoms with Gasteiger partial charge in [-0.05, 0) is 13.0 Å². The van der Waals surface area contributed by atoms with Crippen LogP contribution in [0.25, 0.3) is 0 Å². The van der Waals surface area contributed by atoms with Crippen molar-refractivity contribution in [1.82, 2.24) is 9.55 Å². The van der Waals surface area contributed by atoms with Crippen LogP contribution in [0, 0.1) is 0 Å². The predicted molar refractivity (Wildman–Crippen MR) is 81.0 cm³/mol. The number of anilines is 1. The lowest BCUT2D eigenvalue weighted by atomic mass is 10.2. The minimum atomic E-state index is -1.35. The van der Waals surface area contributed by atoms with Gasteiger partial charge in [0.1, 0.15) is 24.7 Å². The molecule has 0 radical (unpaired) electrons. The van der Waals surface area contributed by atoms with Gasteiger partial charge in [0.2, 0.25) is 5.91 Å². The lowest BCUT2D eigenvalue weighted by Crippen LogP contribution is -2.35. The van der Waals surface area contributed by atoms with Gasteiger partial charge in [0, 0.05) is 6.20 Å². The molecule has 0 fully saturated rings. The van der Waals surface area contributed by atoms with E-state index in [2.05, 4.69) is 10.3 Å². The van der Waals surface area contributed by atoms with Gasteiger partial charge >= 0.3 is 11.7 Å². The number of nitrogens with two attached hydrogens (primary N) is 1. The van der Waals surface area contributed by atoms with Crippen molar-refractivity contribution < 1.29 is 29.6 Å². The van der Waals surface area contributed by atoms with Crippen molar-refractivity contribution >= 4 is 17.7 Å². The standard InChI is InChI=1S/C13H20N4O7/c1-7(19)9(5-18)24-6-17-3-2-10(16-13(17)23)15-11(20)4-8(14)12(21)22/h2-3,7-9,18-19H,4-6,14H2,1H3,(H,21,22)(H,15,16,20,23). The first-order valence-electron chi connectivity index (χ1n) is 7.00. The number of carbonyl (C=O) groups is 2. The van der Waals surface area contributed by atoms with E-state index in [1.807, 2.05) is 0 Å². The SMILES string of the molecule is CC(O)C(CO)OCn1ccc(NC(=O)CC(N)C(=O)O)nc1=O. The molecule has 24 heavy (non-hydrogen) atoms. The molecule has 0 aliphatic heterocycles. The summed E-state index contributed by atoms with van der Waals surface area (Å²) in [5, 5.41) is 29.2. The zero-order valence-electron chi connectivity index (χ0n) is 13.0. The van der Waals surface area contributed by atoms with Gasteiger partial charge in [-0.1, -0.05) is 0 Å². The van der Waals surface area contributed by atoms with E-state index < -0.39 is 48.8 Å². The van der Waals surface area contributed by atoms with Crippen molar-refractivity contribution in [2.45, 2.75) is 38.3 Å². The molecule has 1 rings (SSSR count). The van der Waals surface area contributed by atoms with Gasteiger partial charge in [-0.15, -0.1) is 0 Å². The number of nitrogens with one attached hydrogen (secondary N) is 1. The van der Waals surface area contributed by atoms with Crippen molar-refractivity contribution in [2.24, 2.45) is 5.73 Å². The Morgan fingerprint density at radius 2 is 2.17 bits per heavy atom. The summed E-state index contributed by atoms with van der Waals surface area (Å²) < 4.78 is 6.23. The molecule has 1 amide bonds. The summed E-state index contributed by atoms with van der Waals surface area (Å²) in [5.41, 5.74) is 4.49. The molecule has 11 heteroatoms. The Kier molecular flexibility index (Phi) is 7.45. The number of carboxylic acid groups (broad SMARTS) is 1. The number of aliphatic hydroxyl groups excluding tert-OH is 2. The molecule has 0 aliphatic rings. The van der Waals surface area contributed by atoms with Crippen LogP contribution in [-0.4, -0.2) is 61.6 Å². The first-order chi connectivity index (χ1) is 11.2. The number of hydrogen-bond acceptors (Lipinski definition) is 8. The molecule has 0 aliphatic carbocycles. The van der Waals surface area contributed by atoms with Gasteiger partial charge in [-0.25, -0.2) is 4.79 Å². The van der Waals surface area contributed by atoms with Crippen molar-refractivity contribution in [3.8, 4) is 0 Å². The van der Waals surface area contributed by atoms with Crippen LogP contribution in [0.1, 0.15) is 13.3 Å². The Balaban J connectivity index is 2.66. The monoisotopic (exact) mass is 344 g/mol. The maximum Gasteiger partial charge on any atom is 0.351 e. The van der Waals surface area contributed by atoms with Crippen molar-refractivity contribution in [3.63, 3.8) is 0 Å². The van der Waals surface area contributed by atoms with E-state index in [-0.39, 0.29) is 12.5 Å². The number of carboxylic acids is 1. The molecule has 0 saturated heterocycles. The highest BCUT2D eigenvalue weighted by atomic mass is 16.5. The Morgan fingerprint density at radius 1 is 1.50 bits per heavy atom. The van der Waals surface area contributed by atoms with E-state index >= 15 is 0 Å². The number of rotatable bonds is 9. The molecular formula is C13H20N4O7. The summed E-state index contributed by atoms with van der Waals surface area (Å²) in [6, 6.07) is -0.0414. The molecule has 134 valence electrons. The third-order valence-electron chi connectivity index (χ3n) is 3.01. The number of amides is 1. The summed E-state index contributed by atoms with van der Waals surface area (Å²) >= 11 is 0. The molecule has 1 heterocycles. The topological polar surface area (TPSA) is 177 Å². The van der Waals surface area contributed by atoms with Crippen LogP contribution in [0.5, 0.6) is 0 Å². The Bertz CT molecular complexity index is 631. The minimum absolute atomic E-state index is 0.0620. The molecule has 1 aromatic rings. The summed E-state index contributed by atoms with van der Waals surface area (Å²) in [6.45, 7) is 0.764. The highest BCUT2D eigenvalue weighted by molar-refractivity contribution is 5.93. The first-order valence-corrected chi connectivity index (χ1v) is 7.00. The van der Waals surface area contributed by atoms with E-state index in [1.54, 1.807) is 0 Å².